The number of halogens is 1. The number of benzene rings is 1. The molecule has 2 aromatic heterocycles. The Morgan fingerprint density at radius 2 is 2.07 bits per heavy atom. The van der Waals surface area contributed by atoms with E-state index in [9.17, 15) is 0 Å². The minimum atomic E-state index is -0.0995. The van der Waals surface area contributed by atoms with Crippen LogP contribution in [0.4, 0.5) is 0 Å². The summed E-state index contributed by atoms with van der Waals surface area (Å²) in [6, 6.07) is 15.6. The van der Waals surface area contributed by atoms with Crippen LogP contribution in [0.1, 0.15) is 35.5 Å². The van der Waals surface area contributed by atoms with E-state index in [2.05, 4.69) is 15.2 Å². The summed E-state index contributed by atoms with van der Waals surface area (Å²) in [7, 11) is 1.71. The predicted molar refractivity (Wildman–Crippen MR) is 123 cm³/mol. The van der Waals surface area contributed by atoms with E-state index in [1.54, 1.807) is 13.3 Å². The number of methoxy groups -OCH3 is 1. The Bertz CT molecular complexity index is 1020. The van der Waals surface area contributed by atoms with Gasteiger partial charge in [0.05, 0.1) is 11.7 Å². The third kappa shape index (κ3) is 4.08. The lowest BCUT2D eigenvalue weighted by Crippen LogP contribution is -2.31. The fraction of sp³-hybridized carbons (Fsp3) is 0.304. The molecule has 3 heterocycles. The van der Waals surface area contributed by atoms with Crippen LogP contribution in [0, 0.1) is 6.92 Å². The summed E-state index contributed by atoms with van der Waals surface area (Å²) in [6.07, 6.45) is 2.67. The summed E-state index contributed by atoms with van der Waals surface area (Å²) in [5, 5.41) is 4.86. The first kappa shape index (κ1) is 20.8. The number of furan rings is 1. The van der Waals surface area contributed by atoms with E-state index < -0.39 is 0 Å². The van der Waals surface area contributed by atoms with Gasteiger partial charge in [0.2, 0.25) is 0 Å². The van der Waals surface area contributed by atoms with E-state index in [4.69, 9.17) is 33.0 Å². The van der Waals surface area contributed by atoms with Crippen molar-refractivity contribution >= 4 is 28.9 Å². The molecule has 2 atom stereocenters. The molecule has 0 spiro atoms. The molecule has 0 bridgehead atoms. The second-order valence-electron chi connectivity index (χ2n) is 7.28. The zero-order valence-electron chi connectivity index (χ0n) is 17.0. The highest BCUT2D eigenvalue weighted by Gasteiger charge is 2.41. The van der Waals surface area contributed by atoms with E-state index in [1.807, 2.05) is 55.5 Å². The minimum Gasteiger partial charge on any atom is -0.459 e. The van der Waals surface area contributed by atoms with Crippen LogP contribution in [-0.4, -0.2) is 35.3 Å². The SMILES string of the molecule is COCCCN1C(=S)N[C@@H](c2ccccn2)[C@H]1c1ccc(-c2cccc(Cl)c2C)o1. The Morgan fingerprint density at radius 3 is 2.83 bits per heavy atom. The lowest BCUT2D eigenvalue weighted by Gasteiger charge is -2.26. The van der Waals surface area contributed by atoms with Crippen molar-refractivity contribution in [2.24, 2.45) is 0 Å². The normalized spacial score (nSPS) is 18.6. The molecular formula is C23H24ClN3O2S. The predicted octanol–water partition coefficient (Wildman–Crippen LogP) is 5.31. The van der Waals surface area contributed by atoms with Crippen molar-refractivity contribution in [1.29, 1.82) is 0 Å². The monoisotopic (exact) mass is 441 g/mol. The number of nitrogens with zero attached hydrogens (tertiary/aromatic N) is 2. The van der Waals surface area contributed by atoms with Crippen LogP contribution in [0.3, 0.4) is 0 Å². The second kappa shape index (κ2) is 9.16. The topological polar surface area (TPSA) is 50.5 Å². The van der Waals surface area contributed by atoms with Crippen LogP contribution in [0.15, 0.2) is 59.1 Å². The number of thiocarbonyl (C=S) groups is 1. The summed E-state index contributed by atoms with van der Waals surface area (Å²) < 4.78 is 11.6. The molecular weight excluding hydrogens is 418 g/mol. The third-order valence-electron chi connectivity index (χ3n) is 5.40. The summed E-state index contributed by atoms with van der Waals surface area (Å²) >= 11 is 12.0. The Balaban J connectivity index is 1.71. The van der Waals surface area contributed by atoms with Crippen LogP contribution in [-0.2, 0) is 4.74 Å². The Hall–Kier alpha value is -2.41. The minimum absolute atomic E-state index is 0.0966. The molecule has 1 fully saturated rings. The molecule has 1 aliphatic heterocycles. The lowest BCUT2D eigenvalue weighted by atomic mass is 10.0. The smallest absolute Gasteiger partial charge is 0.170 e. The largest absolute Gasteiger partial charge is 0.459 e. The second-order valence-corrected chi connectivity index (χ2v) is 8.07. The number of rotatable bonds is 7. The number of pyridine rings is 1. The lowest BCUT2D eigenvalue weighted by molar-refractivity contribution is 0.177. The average molecular weight is 442 g/mol. The van der Waals surface area contributed by atoms with Crippen LogP contribution >= 0.6 is 23.8 Å². The molecule has 0 aliphatic carbocycles. The van der Waals surface area contributed by atoms with Crippen LogP contribution in [0.25, 0.3) is 11.3 Å². The maximum absolute atomic E-state index is 6.37. The Labute approximate surface area is 187 Å². The fourth-order valence-corrected chi connectivity index (χ4v) is 4.37. The van der Waals surface area contributed by atoms with Crippen molar-refractivity contribution in [3.8, 4) is 11.3 Å². The maximum Gasteiger partial charge on any atom is 0.170 e. The van der Waals surface area contributed by atoms with Crippen LogP contribution in [0.5, 0.6) is 0 Å². The van der Waals surface area contributed by atoms with E-state index in [0.29, 0.717) is 11.7 Å². The van der Waals surface area contributed by atoms with Gasteiger partial charge in [0, 0.05) is 37.0 Å². The summed E-state index contributed by atoms with van der Waals surface area (Å²) in [6.45, 7) is 3.44. The van der Waals surface area contributed by atoms with Crippen molar-refractivity contribution in [2.75, 3.05) is 20.3 Å². The van der Waals surface area contributed by atoms with Gasteiger partial charge < -0.3 is 19.4 Å². The van der Waals surface area contributed by atoms with E-state index in [0.717, 1.165) is 46.3 Å². The molecule has 4 rings (SSSR count). The molecule has 0 radical (unpaired) electrons. The average Bonchev–Trinajstić information content (AvgIpc) is 3.36. The molecule has 1 saturated heterocycles. The van der Waals surface area contributed by atoms with Gasteiger partial charge in [-0.3, -0.25) is 4.98 Å². The quantitative estimate of drug-likeness (QED) is 0.396. The van der Waals surface area contributed by atoms with Crippen molar-refractivity contribution in [3.63, 3.8) is 0 Å². The van der Waals surface area contributed by atoms with Gasteiger partial charge >= 0.3 is 0 Å². The summed E-state index contributed by atoms with van der Waals surface area (Å²) in [5.74, 6) is 1.63. The molecule has 5 nitrogen and oxygen atoms in total. The molecule has 0 amide bonds. The zero-order chi connectivity index (χ0) is 21.1. The maximum atomic E-state index is 6.37. The van der Waals surface area contributed by atoms with Gasteiger partial charge in [-0.1, -0.05) is 29.8 Å². The number of nitrogens with one attached hydrogen (secondary N) is 1. The number of hydrogen-bond donors (Lipinski definition) is 1. The highest BCUT2D eigenvalue weighted by atomic mass is 35.5. The van der Waals surface area contributed by atoms with Crippen molar-refractivity contribution in [2.45, 2.75) is 25.4 Å². The number of aromatic nitrogens is 1. The summed E-state index contributed by atoms with van der Waals surface area (Å²) in [4.78, 5) is 6.73. The molecule has 0 unspecified atom stereocenters. The van der Waals surface area contributed by atoms with Gasteiger partial charge in [0.15, 0.2) is 5.11 Å². The number of hydrogen-bond acceptors (Lipinski definition) is 4. The van der Waals surface area contributed by atoms with Gasteiger partial charge in [0.25, 0.3) is 0 Å². The first-order valence-corrected chi connectivity index (χ1v) is 10.7. The van der Waals surface area contributed by atoms with Gasteiger partial charge in [-0.2, -0.15) is 0 Å². The highest BCUT2D eigenvalue weighted by molar-refractivity contribution is 7.80. The van der Waals surface area contributed by atoms with Gasteiger partial charge in [-0.15, -0.1) is 0 Å². The third-order valence-corrected chi connectivity index (χ3v) is 6.16. The zero-order valence-corrected chi connectivity index (χ0v) is 18.5. The van der Waals surface area contributed by atoms with Gasteiger partial charge in [-0.25, -0.2) is 0 Å². The molecule has 30 heavy (non-hydrogen) atoms. The Morgan fingerprint density at radius 1 is 1.20 bits per heavy atom. The molecule has 0 saturated carbocycles. The van der Waals surface area contributed by atoms with E-state index in [1.165, 1.54) is 0 Å². The Kier molecular flexibility index (Phi) is 6.37. The van der Waals surface area contributed by atoms with Crippen molar-refractivity contribution in [1.82, 2.24) is 15.2 Å². The van der Waals surface area contributed by atoms with Gasteiger partial charge in [-0.05, 0) is 61.5 Å². The molecule has 1 aromatic carbocycles. The molecule has 1 aliphatic rings. The number of ether oxygens (including phenoxy) is 1. The molecule has 7 heteroatoms. The fourth-order valence-electron chi connectivity index (χ4n) is 3.87. The van der Waals surface area contributed by atoms with E-state index in [-0.39, 0.29) is 12.1 Å². The first-order chi connectivity index (χ1) is 14.6. The molecule has 1 N–H and O–H groups in total. The highest BCUT2D eigenvalue weighted by Crippen LogP contribution is 2.41. The standard InChI is InChI=1S/C23H24ClN3O2S/c1-15-16(7-5-8-17(15)24)19-10-11-20(29-19)22-21(18-9-3-4-12-25-18)26-23(30)27(22)13-6-14-28-2/h3-5,7-12,21-22H,6,13-14H2,1-2H3,(H,26,30)/t21-,22+/m0/s1. The van der Waals surface area contributed by atoms with Crippen LogP contribution in [0.2, 0.25) is 5.02 Å². The van der Waals surface area contributed by atoms with Crippen molar-refractivity contribution < 1.29 is 9.15 Å². The van der Waals surface area contributed by atoms with Crippen molar-refractivity contribution in [3.05, 3.63) is 76.8 Å². The van der Waals surface area contributed by atoms with Crippen LogP contribution < -0.4 is 5.32 Å². The van der Waals surface area contributed by atoms with Gasteiger partial charge in [0.1, 0.15) is 17.6 Å². The summed E-state index contributed by atoms with van der Waals surface area (Å²) in [5.41, 5.74) is 2.91. The molecule has 3 aromatic rings. The van der Waals surface area contributed by atoms with E-state index >= 15 is 0 Å². The first-order valence-electron chi connectivity index (χ1n) is 9.92. The molecule has 156 valence electrons.